The number of alkyl halides is 1. The van der Waals surface area contributed by atoms with Crippen molar-refractivity contribution in [2.24, 2.45) is 0 Å². The summed E-state index contributed by atoms with van der Waals surface area (Å²) in [5.41, 5.74) is 1.15. The number of ether oxygens (including phenoxy) is 1. The molecule has 1 aromatic carbocycles. The minimum atomic E-state index is -0.315. The molecule has 1 heterocycles. The van der Waals surface area contributed by atoms with Crippen LogP contribution in [0.25, 0.3) is 11.0 Å². The van der Waals surface area contributed by atoms with Crippen LogP contribution >= 0.6 is 11.6 Å². The van der Waals surface area contributed by atoms with Crippen molar-refractivity contribution in [2.75, 3.05) is 13.7 Å². The van der Waals surface area contributed by atoms with E-state index in [1.165, 1.54) is 6.07 Å². The molecule has 0 N–H and O–H groups in total. The molecule has 1 atom stereocenters. The maximum absolute atomic E-state index is 13.7. The third-order valence-electron chi connectivity index (χ3n) is 3.06. The van der Waals surface area contributed by atoms with Crippen molar-refractivity contribution in [1.29, 1.82) is 0 Å². The maximum atomic E-state index is 13.7. The Hall–Kier alpha value is -1.13. The summed E-state index contributed by atoms with van der Waals surface area (Å²) >= 11 is 5.91. The van der Waals surface area contributed by atoms with E-state index in [1.807, 2.05) is 10.6 Å². The molecule has 1 unspecified atom stereocenters. The number of benzene rings is 1. The zero-order valence-electron chi connectivity index (χ0n) is 10.5. The Labute approximate surface area is 111 Å². The molecule has 0 aliphatic rings. The highest BCUT2D eigenvalue weighted by Crippen LogP contribution is 2.26. The van der Waals surface area contributed by atoms with Crippen LogP contribution in [0.15, 0.2) is 18.2 Å². The molecule has 1 aromatic heterocycles. The van der Waals surface area contributed by atoms with Crippen LogP contribution in [0.5, 0.6) is 0 Å². The molecule has 18 heavy (non-hydrogen) atoms. The molecule has 98 valence electrons. The molecule has 0 bridgehead atoms. The molecule has 5 heteroatoms. The fourth-order valence-electron chi connectivity index (χ4n) is 2.20. The highest BCUT2D eigenvalue weighted by atomic mass is 35.5. The van der Waals surface area contributed by atoms with E-state index in [-0.39, 0.29) is 17.7 Å². The SMILES string of the molecule is CCC(COC)n1c(CCl)nc2c(F)cccc21. The van der Waals surface area contributed by atoms with Crippen molar-refractivity contribution in [2.45, 2.75) is 25.3 Å². The summed E-state index contributed by atoms with van der Waals surface area (Å²) in [4.78, 5) is 4.28. The summed E-state index contributed by atoms with van der Waals surface area (Å²) < 4.78 is 20.9. The van der Waals surface area contributed by atoms with Crippen LogP contribution in [-0.2, 0) is 10.6 Å². The molecular formula is C13H16ClFN2O. The average Bonchev–Trinajstić information content (AvgIpc) is 2.76. The summed E-state index contributed by atoms with van der Waals surface area (Å²) in [5.74, 6) is 0.625. The number of nitrogens with zero attached hydrogens (tertiary/aromatic N) is 2. The van der Waals surface area contributed by atoms with Crippen LogP contribution in [0.2, 0.25) is 0 Å². The minimum absolute atomic E-state index is 0.121. The molecule has 0 saturated carbocycles. The van der Waals surface area contributed by atoms with Crippen molar-refractivity contribution in [3.63, 3.8) is 0 Å². The van der Waals surface area contributed by atoms with Gasteiger partial charge in [-0.25, -0.2) is 9.37 Å². The van der Waals surface area contributed by atoms with Gasteiger partial charge >= 0.3 is 0 Å². The van der Waals surface area contributed by atoms with Gasteiger partial charge in [-0.3, -0.25) is 0 Å². The minimum Gasteiger partial charge on any atom is -0.383 e. The van der Waals surface area contributed by atoms with Crippen molar-refractivity contribution in [1.82, 2.24) is 9.55 Å². The first-order chi connectivity index (χ1) is 8.72. The maximum Gasteiger partial charge on any atom is 0.151 e. The van der Waals surface area contributed by atoms with Crippen LogP contribution in [0.1, 0.15) is 25.2 Å². The van der Waals surface area contributed by atoms with Gasteiger partial charge in [-0.05, 0) is 18.6 Å². The average molecular weight is 271 g/mol. The van der Waals surface area contributed by atoms with Gasteiger partial charge in [0.2, 0.25) is 0 Å². The number of halogens is 2. The smallest absolute Gasteiger partial charge is 0.151 e. The van der Waals surface area contributed by atoms with Crippen LogP contribution < -0.4 is 0 Å². The first-order valence-corrected chi connectivity index (χ1v) is 6.46. The predicted octanol–water partition coefficient (Wildman–Crippen LogP) is 3.51. The van der Waals surface area contributed by atoms with Crippen LogP contribution in [0, 0.1) is 5.82 Å². The molecule has 0 aliphatic heterocycles. The van der Waals surface area contributed by atoms with Gasteiger partial charge in [0.15, 0.2) is 5.82 Å². The summed E-state index contributed by atoms with van der Waals surface area (Å²) in [7, 11) is 1.66. The zero-order chi connectivity index (χ0) is 13.1. The Kier molecular flexibility index (Phi) is 4.19. The Morgan fingerprint density at radius 3 is 2.89 bits per heavy atom. The number of rotatable bonds is 5. The first-order valence-electron chi connectivity index (χ1n) is 5.93. The number of aromatic nitrogens is 2. The number of methoxy groups -OCH3 is 1. The van der Waals surface area contributed by atoms with E-state index in [0.29, 0.717) is 17.9 Å². The molecule has 0 saturated heterocycles. The lowest BCUT2D eigenvalue weighted by molar-refractivity contribution is 0.154. The third kappa shape index (κ3) is 2.22. The highest BCUT2D eigenvalue weighted by molar-refractivity contribution is 6.16. The Balaban J connectivity index is 2.62. The largest absolute Gasteiger partial charge is 0.383 e. The molecule has 0 aliphatic carbocycles. The summed E-state index contributed by atoms with van der Waals surface area (Å²) in [6, 6.07) is 5.08. The third-order valence-corrected chi connectivity index (χ3v) is 3.30. The number of hydrogen-bond acceptors (Lipinski definition) is 2. The molecule has 3 nitrogen and oxygen atoms in total. The van der Waals surface area contributed by atoms with Gasteiger partial charge in [-0.1, -0.05) is 13.0 Å². The van der Waals surface area contributed by atoms with E-state index < -0.39 is 0 Å². The Morgan fingerprint density at radius 2 is 2.28 bits per heavy atom. The van der Waals surface area contributed by atoms with Crippen molar-refractivity contribution < 1.29 is 9.13 Å². The van der Waals surface area contributed by atoms with Crippen LogP contribution in [-0.4, -0.2) is 23.3 Å². The van der Waals surface area contributed by atoms with Gasteiger partial charge in [0.25, 0.3) is 0 Å². The number of hydrogen-bond donors (Lipinski definition) is 0. The predicted molar refractivity (Wildman–Crippen MR) is 70.5 cm³/mol. The van der Waals surface area contributed by atoms with E-state index >= 15 is 0 Å². The lowest BCUT2D eigenvalue weighted by Gasteiger charge is -2.19. The van der Waals surface area contributed by atoms with Gasteiger partial charge < -0.3 is 9.30 Å². The van der Waals surface area contributed by atoms with Gasteiger partial charge in [0.05, 0.1) is 24.0 Å². The Bertz CT molecular complexity index is 541. The van der Waals surface area contributed by atoms with E-state index in [2.05, 4.69) is 11.9 Å². The lowest BCUT2D eigenvalue weighted by Crippen LogP contribution is -2.16. The molecular weight excluding hydrogens is 255 g/mol. The quantitative estimate of drug-likeness (QED) is 0.778. The van der Waals surface area contributed by atoms with Gasteiger partial charge in [0, 0.05) is 7.11 Å². The van der Waals surface area contributed by atoms with E-state index in [0.717, 1.165) is 11.9 Å². The fourth-order valence-corrected chi connectivity index (χ4v) is 2.39. The summed E-state index contributed by atoms with van der Waals surface area (Å²) in [6.45, 7) is 2.62. The van der Waals surface area contributed by atoms with Crippen LogP contribution in [0.4, 0.5) is 4.39 Å². The van der Waals surface area contributed by atoms with Crippen molar-refractivity contribution in [3.8, 4) is 0 Å². The molecule has 2 aromatic rings. The summed E-state index contributed by atoms with van der Waals surface area (Å²) in [5, 5.41) is 0. The van der Waals surface area contributed by atoms with Gasteiger partial charge in [-0.2, -0.15) is 0 Å². The normalized spacial score (nSPS) is 13.1. The second kappa shape index (κ2) is 5.67. The standard InChI is InChI=1S/C13H16ClFN2O/c1-3-9(8-18-2)17-11-6-4-5-10(15)13(11)16-12(17)7-14/h4-6,9H,3,7-8H2,1-2H3. The molecule has 0 fully saturated rings. The topological polar surface area (TPSA) is 27.1 Å². The van der Waals surface area contributed by atoms with Gasteiger partial charge in [0.1, 0.15) is 11.3 Å². The number of para-hydroxylation sites is 1. The second-order valence-corrected chi connectivity index (χ2v) is 4.42. The first kappa shape index (κ1) is 13.3. The van der Waals surface area contributed by atoms with Crippen molar-refractivity contribution >= 4 is 22.6 Å². The van der Waals surface area contributed by atoms with Crippen molar-refractivity contribution in [3.05, 3.63) is 29.8 Å². The van der Waals surface area contributed by atoms with E-state index in [1.54, 1.807) is 13.2 Å². The molecule has 0 spiro atoms. The van der Waals surface area contributed by atoms with Crippen LogP contribution in [0.3, 0.4) is 0 Å². The number of fused-ring (bicyclic) bond motifs is 1. The second-order valence-electron chi connectivity index (χ2n) is 4.16. The van der Waals surface area contributed by atoms with E-state index in [4.69, 9.17) is 16.3 Å². The molecule has 0 amide bonds. The number of imidazole rings is 1. The zero-order valence-corrected chi connectivity index (χ0v) is 11.2. The lowest BCUT2D eigenvalue weighted by atomic mass is 10.2. The summed E-state index contributed by atoms with van der Waals surface area (Å²) in [6.07, 6.45) is 0.875. The molecule has 0 radical (unpaired) electrons. The van der Waals surface area contributed by atoms with E-state index in [9.17, 15) is 4.39 Å². The van der Waals surface area contributed by atoms with Gasteiger partial charge in [-0.15, -0.1) is 11.6 Å². The Morgan fingerprint density at radius 1 is 1.50 bits per heavy atom. The fraction of sp³-hybridized carbons (Fsp3) is 0.462. The molecule has 2 rings (SSSR count). The monoisotopic (exact) mass is 270 g/mol. The highest BCUT2D eigenvalue weighted by Gasteiger charge is 2.18.